The highest BCUT2D eigenvalue weighted by Crippen LogP contribution is 2.16. The first-order valence-electron chi connectivity index (χ1n) is 6.05. The number of nitrogens with two attached hydrogens (primary N) is 1. The highest BCUT2D eigenvalue weighted by Gasteiger charge is 2.22. The molecule has 5 nitrogen and oxygen atoms in total. The van der Waals surface area contributed by atoms with Gasteiger partial charge in [-0.25, -0.2) is 0 Å². The molecule has 0 aromatic carbocycles. The molecule has 1 aliphatic heterocycles. The van der Waals surface area contributed by atoms with Crippen molar-refractivity contribution in [1.29, 1.82) is 0 Å². The SMILES string of the molecule is CCCc1noc(CN2CCC(CN)C2)n1. The number of rotatable bonds is 5. The molecule has 2 rings (SSSR count). The van der Waals surface area contributed by atoms with Crippen LogP contribution in [0.3, 0.4) is 0 Å². The van der Waals surface area contributed by atoms with Crippen molar-refractivity contribution < 1.29 is 4.52 Å². The predicted octanol–water partition coefficient (Wildman–Crippen LogP) is 0.803. The lowest BCUT2D eigenvalue weighted by molar-refractivity contribution is 0.260. The maximum absolute atomic E-state index is 5.65. The number of hydrogen-bond donors (Lipinski definition) is 1. The number of aryl methyl sites for hydroxylation is 1. The molecule has 16 heavy (non-hydrogen) atoms. The van der Waals surface area contributed by atoms with Gasteiger partial charge < -0.3 is 10.3 Å². The molecule has 1 aromatic heterocycles. The molecule has 1 atom stereocenters. The summed E-state index contributed by atoms with van der Waals surface area (Å²) in [6, 6.07) is 0. The predicted molar refractivity (Wildman–Crippen MR) is 60.7 cm³/mol. The van der Waals surface area contributed by atoms with E-state index in [2.05, 4.69) is 22.0 Å². The molecule has 0 amide bonds. The molecule has 2 N–H and O–H groups in total. The Morgan fingerprint density at radius 3 is 3.12 bits per heavy atom. The van der Waals surface area contributed by atoms with Crippen LogP contribution in [0.5, 0.6) is 0 Å². The zero-order chi connectivity index (χ0) is 11.4. The summed E-state index contributed by atoms with van der Waals surface area (Å²) < 4.78 is 5.21. The molecule has 0 bridgehead atoms. The third kappa shape index (κ3) is 2.80. The lowest BCUT2D eigenvalue weighted by Crippen LogP contribution is -2.22. The second kappa shape index (κ2) is 5.41. The summed E-state index contributed by atoms with van der Waals surface area (Å²) in [6.07, 6.45) is 3.14. The van der Waals surface area contributed by atoms with E-state index in [9.17, 15) is 0 Å². The van der Waals surface area contributed by atoms with Gasteiger partial charge in [0.1, 0.15) is 0 Å². The molecule has 1 fully saturated rings. The molecule has 1 aliphatic rings. The number of hydrogen-bond acceptors (Lipinski definition) is 5. The quantitative estimate of drug-likeness (QED) is 0.801. The maximum Gasteiger partial charge on any atom is 0.240 e. The van der Waals surface area contributed by atoms with E-state index in [4.69, 9.17) is 10.3 Å². The van der Waals surface area contributed by atoms with E-state index in [1.54, 1.807) is 0 Å². The van der Waals surface area contributed by atoms with Gasteiger partial charge in [-0.05, 0) is 31.8 Å². The first kappa shape index (κ1) is 11.5. The van der Waals surface area contributed by atoms with Gasteiger partial charge in [0.2, 0.25) is 5.89 Å². The van der Waals surface area contributed by atoms with Crippen LogP contribution in [0.15, 0.2) is 4.52 Å². The maximum atomic E-state index is 5.65. The lowest BCUT2D eigenvalue weighted by Gasteiger charge is -2.11. The van der Waals surface area contributed by atoms with Crippen molar-refractivity contribution in [1.82, 2.24) is 15.0 Å². The number of nitrogens with zero attached hydrogens (tertiary/aromatic N) is 3. The van der Waals surface area contributed by atoms with Crippen LogP contribution in [0, 0.1) is 5.92 Å². The molecule has 0 spiro atoms. The van der Waals surface area contributed by atoms with Gasteiger partial charge in [-0.2, -0.15) is 4.98 Å². The molecule has 1 unspecified atom stereocenters. The Bertz CT molecular complexity index is 326. The molecule has 0 saturated carbocycles. The molecule has 0 aliphatic carbocycles. The minimum atomic E-state index is 0.637. The first-order valence-corrected chi connectivity index (χ1v) is 6.05. The Morgan fingerprint density at radius 1 is 1.56 bits per heavy atom. The summed E-state index contributed by atoms with van der Waals surface area (Å²) in [6.45, 7) is 5.81. The van der Waals surface area contributed by atoms with Gasteiger partial charge in [-0.15, -0.1) is 0 Å². The van der Waals surface area contributed by atoms with Crippen molar-refractivity contribution in [2.45, 2.75) is 32.7 Å². The minimum Gasteiger partial charge on any atom is -0.338 e. The highest BCUT2D eigenvalue weighted by molar-refractivity contribution is 4.88. The van der Waals surface area contributed by atoms with Crippen molar-refractivity contribution in [2.24, 2.45) is 11.7 Å². The average Bonchev–Trinajstić information content (AvgIpc) is 2.89. The van der Waals surface area contributed by atoms with Gasteiger partial charge in [0.15, 0.2) is 5.82 Å². The van der Waals surface area contributed by atoms with E-state index in [0.29, 0.717) is 5.92 Å². The monoisotopic (exact) mass is 224 g/mol. The van der Waals surface area contributed by atoms with Crippen molar-refractivity contribution in [3.8, 4) is 0 Å². The van der Waals surface area contributed by atoms with Crippen LogP contribution in [0.2, 0.25) is 0 Å². The van der Waals surface area contributed by atoms with Gasteiger partial charge >= 0.3 is 0 Å². The Morgan fingerprint density at radius 2 is 2.44 bits per heavy atom. The molecule has 2 heterocycles. The largest absolute Gasteiger partial charge is 0.338 e. The van der Waals surface area contributed by atoms with Gasteiger partial charge in [0, 0.05) is 13.0 Å². The summed E-state index contributed by atoms with van der Waals surface area (Å²) >= 11 is 0. The minimum absolute atomic E-state index is 0.637. The summed E-state index contributed by atoms with van der Waals surface area (Å²) in [5.74, 6) is 2.20. The molecular weight excluding hydrogens is 204 g/mol. The second-order valence-corrected chi connectivity index (χ2v) is 4.48. The van der Waals surface area contributed by atoms with E-state index in [1.165, 1.54) is 6.42 Å². The third-order valence-electron chi connectivity index (χ3n) is 3.05. The Labute approximate surface area is 96.0 Å². The van der Waals surface area contributed by atoms with Crippen LogP contribution < -0.4 is 5.73 Å². The zero-order valence-corrected chi connectivity index (χ0v) is 9.85. The molecule has 1 saturated heterocycles. The summed E-state index contributed by atoms with van der Waals surface area (Å²) in [7, 11) is 0. The van der Waals surface area contributed by atoms with Gasteiger partial charge in [-0.1, -0.05) is 12.1 Å². The molecular formula is C11H20N4O. The van der Waals surface area contributed by atoms with E-state index >= 15 is 0 Å². The average molecular weight is 224 g/mol. The van der Waals surface area contributed by atoms with Crippen molar-refractivity contribution in [3.05, 3.63) is 11.7 Å². The number of aromatic nitrogens is 2. The second-order valence-electron chi connectivity index (χ2n) is 4.48. The van der Waals surface area contributed by atoms with Crippen molar-refractivity contribution >= 4 is 0 Å². The Hall–Kier alpha value is -0.940. The smallest absolute Gasteiger partial charge is 0.240 e. The highest BCUT2D eigenvalue weighted by atomic mass is 16.5. The van der Waals surface area contributed by atoms with Crippen LogP contribution in [0.1, 0.15) is 31.5 Å². The van der Waals surface area contributed by atoms with Gasteiger partial charge in [0.05, 0.1) is 6.54 Å². The van der Waals surface area contributed by atoms with Crippen LogP contribution in [-0.4, -0.2) is 34.7 Å². The third-order valence-corrected chi connectivity index (χ3v) is 3.05. The summed E-state index contributed by atoms with van der Waals surface area (Å²) in [5, 5.41) is 3.95. The van der Waals surface area contributed by atoms with Gasteiger partial charge in [-0.3, -0.25) is 4.90 Å². The normalized spacial score (nSPS) is 21.8. The van der Waals surface area contributed by atoms with E-state index in [-0.39, 0.29) is 0 Å². The molecule has 1 aromatic rings. The van der Waals surface area contributed by atoms with Crippen LogP contribution in [-0.2, 0) is 13.0 Å². The van der Waals surface area contributed by atoms with E-state index in [1.807, 2.05) is 0 Å². The molecule has 5 heteroatoms. The van der Waals surface area contributed by atoms with Gasteiger partial charge in [0.25, 0.3) is 0 Å². The molecule has 0 radical (unpaired) electrons. The van der Waals surface area contributed by atoms with E-state index < -0.39 is 0 Å². The summed E-state index contributed by atoms with van der Waals surface area (Å²) in [5.41, 5.74) is 5.65. The fourth-order valence-corrected chi connectivity index (χ4v) is 2.12. The fourth-order valence-electron chi connectivity index (χ4n) is 2.12. The number of likely N-dealkylation sites (tertiary alicyclic amines) is 1. The summed E-state index contributed by atoms with van der Waals surface area (Å²) in [4.78, 5) is 6.70. The Balaban J connectivity index is 1.84. The Kier molecular flexibility index (Phi) is 3.90. The van der Waals surface area contributed by atoms with Crippen LogP contribution in [0.4, 0.5) is 0 Å². The first-order chi connectivity index (χ1) is 7.81. The van der Waals surface area contributed by atoms with E-state index in [0.717, 1.165) is 50.7 Å². The molecule has 90 valence electrons. The van der Waals surface area contributed by atoms with Crippen molar-refractivity contribution in [2.75, 3.05) is 19.6 Å². The fraction of sp³-hybridized carbons (Fsp3) is 0.818. The van der Waals surface area contributed by atoms with Crippen LogP contribution >= 0.6 is 0 Å². The van der Waals surface area contributed by atoms with Crippen molar-refractivity contribution in [3.63, 3.8) is 0 Å². The lowest BCUT2D eigenvalue weighted by atomic mass is 10.1. The standard InChI is InChI=1S/C11H20N4O/c1-2-3-10-13-11(16-14-10)8-15-5-4-9(6-12)7-15/h9H,2-8,12H2,1H3. The topological polar surface area (TPSA) is 68.2 Å². The zero-order valence-electron chi connectivity index (χ0n) is 9.85. The van der Waals surface area contributed by atoms with Crippen LogP contribution in [0.25, 0.3) is 0 Å².